The summed E-state index contributed by atoms with van der Waals surface area (Å²) < 4.78 is 11.4. The monoisotopic (exact) mass is 313 g/mol. The summed E-state index contributed by atoms with van der Waals surface area (Å²) in [6.45, 7) is 3.60. The Morgan fingerprint density at radius 1 is 1.39 bits per heavy atom. The van der Waals surface area contributed by atoms with E-state index in [2.05, 4.69) is 26.1 Å². The van der Waals surface area contributed by atoms with Crippen LogP contribution in [0, 0.1) is 0 Å². The van der Waals surface area contributed by atoms with Crippen LogP contribution in [-0.4, -0.2) is 38.9 Å². The number of furan rings is 1. The third-order valence-corrected chi connectivity index (χ3v) is 3.16. The number of nitrogens with zero attached hydrogens (tertiary/aromatic N) is 3. The molecule has 6 nitrogen and oxygen atoms in total. The molecule has 0 spiro atoms. The average molecular weight is 314 g/mol. The third-order valence-electron chi connectivity index (χ3n) is 2.74. The molecule has 1 aliphatic heterocycles. The standard InChI is InChI=1S/C11H12BrN3O3/c1-11(16)5-15(6-11)4-9-13-14-10(18-9)7-2-3-8(12)17-7/h2-3,16H,4-6H2,1H3. The second kappa shape index (κ2) is 4.18. The molecule has 1 aliphatic rings. The molecule has 0 atom stereocenters. The van der Waals surface area contributed by atoms with E-state index in [0.717, 1.165) is 0 Å². The fraction of sp³-hybridized carbons (Fsp3) is 0.455. The van der Waals surface area contributed by atoms with Gasteiger partial charge in [-0.2, -0.15) is 0 Å². The average Bonchev–Trinajstić information content (AvgIpc) is 2.84. The molecule has 0 aromatic carbocycles. The van der Waals surface area contributed by atoms with Gasteiger partial charge in [0, 0.05) is 13.1 Å². The lowest BCUT2D eigenvalue weighted by Crippen LogP contribution is -2.59. The van der Waals surface area contributed by atoms with Crippen LogP contribution in [-0.2, 0) is 6.54 Å². The fourth-order valence-electron chi connectivity index (χ4n) is 2.07. The highest BCUT2D eigenvalue weighted by Gasteiger charge is 2.37. The molecule has 96 valence electrons. The largest absolute Gasteiger partial charge is 0.444 e. The predicted octanol–water partition coefficient (Wildman–Crippen LogP) is 1.66. The summed E-state index contributed by atoms with van der Waals surface area (Å²) in [6, 6.07) is 3.53. The Labute approximate surface area is 112 Å². The summed E-state index contributed by atoms with van der Waals surface area (Å²) in [6.07, 6.45) is 0. The second-order valence-corrected chi connectivity index (χ2v) is 5.53. The molecule has 3 rings (SSSR count). The summed E-state index contributed by atoms with van der Waals surface area (Å²) in [5.41, 5.74) is -0.589. The van der Waals surface area contributed by atoms with Crippen LogP contribution in [0.15, 0.2) is 25.6 Å². The van der Waals surface area contributed by atoms with Crippen molar-refractivity contribution in [2.45, 2.75) is 19.1 Å². The molecule has 0 radical (unpaired) electrons. The molecule has 1 saturated heterocycles. The Morgan fingerprint density at radius 2 is 2.17 bits per heavy atom. The van der Waals surface area contributed by atoms with Gasteiger partial charge < -0.3 is 13.9 Å². The van der Waals surface area contributed by atoms with Crippen molar-refractivity contribution in [3.63, 3.8) is 0 Å². The number of likely N-dealkylation sites (tertiary alicyclic amines) is 1. The van der Waals surface area contributed by atoms with E-state index in [0.29, 0.717) is 41.8 Å². The summed E-state index contributed by atoms with van der Waals surface area (Å²) in [4.78, 5) is 2.04. The minimum Gasteiger partial charge on any atom is -0.444 e. The third kappa shape index (κ3) is 2.33. The molecule has 2 aromatic rings. The number of aliphatic hydroxyl groups is 1. The topological polar surface area (TPSA) is 75.5 Å². The minimum absolute atomic E-state index is 0.364. The van der Waals surface area contributed by atoms with E-state index in [1.165, 1.54) is 0 Å². The summed E-state index contributed by atoms with van der Waals surface area (Å²) in [5.74, 6) is 1.42. The van der Waals surface area contributed by atoms with Crippen LogP contribution in [0.1, 0.15) is 12.8 Å². The van der Waals surface area contributed by atoms with Gasteiger partial charge in [-0.25, -0.2) is 0 Å². The Bertz CT molecular complexity index is 555. The van der Waals surface area contributed by atoms with E-state index in [1.54, 1.807) is 12.1 Å². The molecule has 0 aliphatic carbocycles. The van der Waals surface area contributed by atoms with Crippen LogP contribution >= 0.6 is 15.9 Å². The SMILES string of the molecule is CC1(O)CN(Cc2nnc(-c3ccc(Br)o3)o2)C1. The number of hydrogen-bond acceptors (Lipinski definition) is 6. The van der Waals surface area contributed by atoms with Crippen molar-refractivity contribution in [3.8, 4) is 11.7 Å². The van der Waals surface area contributed by atoms with E-state index < -0.39 is 5.60 Å². The van der Waals surface area contributed by atoms with Crippen LogP contribution in [0.25, 0.3) is 11.7 Å². The zero-order valence-corrected chi connectivity index (χ0v) is 11.3. The number of aromatic nitrogens is 2. The lowest BCUT2D eigenvalue weighted by atomic mass is 9.97. The zero-order valence-electron chi connectivity index (χ0n) is 9.76. The maximum Gasteiger partial charge on any atom is 0.283 e. The normalized spacial score (nSPS) is 18.8. The van der Waals surface area contributed by atoms with Crippen molar-refractivity contribution >= 4 is 15.9 Å². The van der Waals surface area contributed by atoms with Gasteiger partial charge in [-0.1, -0.05) is 0 Å². The van der Waals surface area contributed by atoms with Crippen molar-refractivity contribution in [1.29, 1.82) is 0 Å². The Balaban J connectivity index is 1.67. The molecule has 0 saturated carbocycles. The maximum atomic E-state index is 9.62. The van der Waals surface area contributed by atoms with Crippen molar-refractivity contribution in [3.05, 3.63) is 22.7 Å². The van der Waals surface area contributed by atoms with Gasteiger partial charge in [0.15, 0.2) is 10.4 Å². The van der Waals surface area contributed by atoms with Gasteiger partial charge >= 0.3 is 0 Å². The number of hydrogen-bond donors (Lipinski definition) is 1. The first-order valence-electron chi connectivity index (χ1n) is 5.55. The molecular weight excluding hydrogens is 302 g/mol. The lowest BCUT2D eigenvalue weighted by molar-refractivity contribution is -0.0896. The van der Waals surface area contributed by atoms with E-state index >= 15 is 0 Å². The lowest BCUT2D eigenvalue weighted by Gasteiger charge is -2.43. The summed E-state index contributed by atoms with van der Waals surface area (Å²) in [5, 5.41) is 17.5. The molecule has 7 heteroatoms. The Hall–Kier alpha value is -1.18. The number of rotatable bonds is 3. The highest BCUT2D eigenvalue weighted by molar-refractivity contribution is 9.10. The quantitative estimate of drug-likeness (QED) is 0.928. The van der Waals surface area contributed by atoms with E-state index in [4.69, 9.17) is 8.83 Å². The predicted molar refractivity (Wildman–Crippen MR) is 65.6 cm³/mol. The highest BCUT2D eigenvalue weighted by Crippen LogP contribution is 2.25. The van der Waals surface area contributed by atoms with Crippen LogP contribution in [0.4, 0.5) is 0 Å². The van der Waals surface area contributed by atoms with Gasteiger partial charge in [-0.15, -0.1) is 10.2 Å². The molecule has 0 unspecified atom stereocenters. The van der Waals surface area contributed by atoms with Crippen LogP contribution < -0.4 is 0 Å². The van der Waals surface area contributed by atoms with Gasteiger partial charge in [0.1, 0.15) is 0 Å². The molecule has 1 N–H and O–H groups in total. The number of β-amino-alcohol motifs (C(OH)–C–C–N with tert-alkyl or cyclic N) is 1. The van der Waals surface area contributed by atoms with Crippen molar-refractivity contribution in [1.82, 2.24) is 15.1 Å². The van der Waals surface area contributed by atoms with Gasteiger partial charge in [0.2, 0.25) is 5.89 Å². The second-order valence-electron chi connectivity index (χ2n) is 4.75. The Morgan fingerprint density at radius 3 is 2.78 bits per heavy atom. The first kappa shape index (κ1) is 11.9. The Kier molecular flexibility index (Phi) is 2.76. The van der Waals surface area contributed by atoms with E-state index in [-0.39, 0.29) is 0 Å². The molecule has 18 heavy (non-hydrogen) atoms. The van der Waals surface area contributed by atoms with E-state index in [9.17, 15) is 5.11 Å². The molecule has 0 bridgehead atoms. The highest BCUT2D eigenvalue weighted by atomic mass is 79.9. The van der Waals surface area contributed by atoms with E-state index in [1.807, 2.05) is 11.8 Å². The molecule has 3 heterocycles. The maximum absolute atomic E-state index is 9.62. The fourth-order valence-corrected chi connectivity index (χ4v) is 2.37. The van der Waals surface area contributed by atoms with Gasteiger partial charge in [0.05, 0.1) is 12.1 Å². The summed E-state index contributed by atoms with van der Waals surface area (Å²) >= 11 is 3.22. The molecule has 1 fully saturated rings. The molecule has 2 aromatic heterocycles. The van der Waals surface area contributed by atoms with Crippen molar-refractivity contribution < 1.29 is 13.9 Å². The van der Waals surface area contributed by atoms with Crippen molar-refractivity contribution in [2.75, 3.05) is 13.1 Å². The zero-order chi connectivity index (χ0) is 12.8. The molecular formula is C11H12BrN3O3. The van der Waals surface area contributed by atoms with Crippen LogP contribution in [0.5, 0.6) is 0 Å². The first-order valence-corrected chi connectivity index (χ1v) is 6.34. The first-order chi connectivity index (χ1) is 8.52. The van der Waals surface area contributed by atoms with Gasteiger partial charge in [0.25, 0.3) is 5.89 Å². The van der Waals surface area contributed by atoms with Crippen LogP contribution in [0.2, 0.25) is 0 Å². The van der Waals surface area contributed by atoms with Crippen molar-refractivity contribution in [2.24, 2.45) is 0 Å². The van der Waals surface area contributed by atoms with Crippen LogP contribution in [0.3, 0.4) is 0 Å². The smallest absolute Gasteiger partial charge is 0.283 e. The summed E-state index contributed by atoms with van der Waals surface area (Å²) in [7, 11) is 0. The van der Waals surface area contributed by atoms with Gasteiger partial charge in [-0.3, -0.25) is 4.90 Å². The number of halogens is 1. The minimum atomic E-state index is -0.589. The van der Waals surface area contributed by atoms with Gasteiger partial charge in [-0.05, 0) is 35.0 Å². The molecule has 0 amide bonds.